The highest BCUT2D eigenvalue weighted by Gasteiger charge is 2.14. The molecule has 0 unspecified atom stereocenters. The van der Waals surface area contributed by atoms with Gasteiger partial charge >= 0.3 is 0 Å². The molecular weight excluding hydrogens is 238 g/mol. The molecule has 0 fully saturated rings. The molecule has 0 aromatic carbocycles. The van der Waals surface area contributed by atoms with Gasteiger partial charge in [0.05, 0.1) is 5.04 Å². The quantitative estimate of drug-likeness (QED) is 0.539. The molecule has 1 nitrogen and oxygen atoms in total. The fourth-order valence-electron chi connectivity index (χ4n) is 2.35. The zero-order valence-electron chi connectivity index (χ0n) is 12.6. The minimum absolute atomic E-state index is 0.312. The lowest BCUT2D eigenvalue weighted by Gasteiger charge is -2.19. The van der Waals surface area contributed by atoms with Gasteiger partial charge in [-0.05, 0) is 19.3 Å². The van der Waals surface area contributed by atoms with E-state index in [1.165, 1.54) is 69.3 Å². The average molecular weight is 269 g/mol. The van der Waals surface area contributed by atoms with Gasteiger partial charge in [0.15, 0.2) is 0 Å². The summed E-state index contributed by atoms with van der Waals surface area (Å²) in [6.07, 6.45) is 13.8. The molecule has 0 radical (unpaired) electrons. The molecule has 1 aliphatic rings. The van der Waals surface area contributed by atoms with Crippen LogP contribution in [0.2, 0.25) is 0 Å². The van der Waals surface area contributed by atoms with Crippen LogP contribution in [0.4, 0.5) is 0 Å². The number of hydrogen-bond acceptors (Lipinski definition) is 2. The summed E-state index contributed by atoms with van der Waals surface area (Å²) in [5.74, 6) is 0. The van der Waals surface area contributed by atoms with Crippen LogP contribution in [-0.4, -0.2) is 16.3 Å². The molecule has 1 rings (SSSR count). The zero-order chi connectivity index (χ0) is 13.3. The van der Waals surface area contributed by atoms with E-state index < -0.39 is 0 Å². The molecule has 0 aromatic heterocycles. The van der Waals surface area contributed by atoms with Crippen molar-refractivity contribution in [3.8, 4) is 0 Å². The van der Waals surface area contributed by atoms with E-state index in [1.807, 2.05) is 11.8 Å². The Balaban J connectivity index is 2.43. The van der Waals surface area contributed by atoms with Crippen LogP contribution >= 0.6 is 11.8 Å². The lowest BCUT2D eigenvalue weighted by Crippen LogP contribution is -2.12. The third-order valence-electron chi connectivity index (χ3n) is 3.26. The van der Waals surface area contributed by atoms with E-state index in [1.54, 1.807) is 0 Å². The summed E-state index contributed by atoms with van der Waals surface area (Å²) < 4.78 is 0.312. The highest BCUT2D eigenvalue weighted by Crippen LogP contribution is 2.27. The molecule has 0 saturated carbocycles. The van der Waals surface area contributed by atoms with E-state index in [4.69, 9.17) is 4.99 Å². The van der Waals surface area contributed by atoms with Crippen LogP contribution in [0.5, 0.6) is 0 Å². The molecule has 0 N–H and O–H groups in total. The van der Waals surface area contributed by atoms with Crippen LogP contribution in [0.3, 0.4) is 0 Å². The smallest absolute Gasteiger partial charge is 0.0681 e. The molecule has 0 atom stereocenters. The highest BCUT2D eigenvalue weighted by molar-refractivity contribution is 8.15. The lowest BCUT2D eigenvalue weighted by atomic mass is 10.1. The van der Waals surface area contributed by atoms with Crippen LogP contribution in [0.25, 0.3) is 0 Å². The van der Waals surface area contributed by atoms with Gasteiger partial charge in [-0.15, -0.1) is 11.8 Å². The molecule has 2 heteroatoms. The minimum atomic E-state index is 0.312. The van der Waals surface area contributed by atoms with Gasteiger partial charge in [-0.3, -0.25) is 4.99 Å². The number of nitrogens with zero attached hydrogens (tertiary/aromatic N) is 1. The van der Waals surface area contributed by atoms with Gasteiger partial charge in [0.25, 0.3) is 0 Å². The predicted molar refractivity (Wildman–Crippen MR) is 85.8 cm³/mol. The first kappa shape index (κ1) is 16.1. The zero-order valence-corrected chi connectivity index (χ0v) is 13.5. The van der Waals surface area contributed by atoms with Crippen molar-refractivity contribution in [2.75, 3.05) is 6.54 Å². The molecule has 1 aliphatic heterocycles. The van der Waals surface area contributed by atoms with E-state index >= 15 is 0 Å². The van der Waals surface area contributed by atoms with Crippen LogP contribution in [0.1, 0.15) is 85.0 Å². The second kappa shape index (κ2) is 9.01. The maximum atomic E-state index is 4.85. The van der Waals surface area contributed by atoms with E-state index in [0.717, 1.165) is 6.54 Å². The molecule has 0 aromatic rings. The van der Waals surface area contributed by atoms with Crippen LogP contribution < -0.4 is 0 Å². The first-order chi connectivity index (χ1) is 8.58. The summed E-state index contributed by atoms with van der Waals surface area (Å²) >= 11 is 1.98. The molecule has 106 valence electrons. The minimum Gasteiger partial charge on any atom is -0.283 e. The molecular formula is C16H31NS. The van der Waals surface area contributed by atoms with E-state index in [9.17, 15) is 0 Å². The van der Waals surface area contributed by atoms with Crippen molar-refractivity contribution in [2.45, 2.75) is 89.7 Å². The lowest BCUT2D eigenvalue weighted by molar-refractivity contribution is 0.567. The standard InChI is InChI=1S/C16H31NS/c1-16(2,3)18-15-13-11-9-7-5-4-6-8-10-12-14-17-15/h4-14H2,1-3H3. The molecule has 0 amide bonds. The maximum Gasteiger partial charge on any atom is 0.0681 e. The van der Waals surface area contributed by atoms with Gasteiger partial charge in [-0.2, -0.15) is 0 Å². The van der Waals surface area contributed by atoms with E-state index in [0.29, 0.717) is 4.75 Å². The van der Waals surface area contributed by atoms with Crippen molar-refractivity contribution in [1.29, 1.82) is 0 Å². The monoisotopic (exact) mass is 269 g/mol. The Morgan fingerprint density at radius 2 is 1.28 bits per heavy atom. The normalized spacial score (nSPS) is 21.4. The maximum absolute atomic E-state index is 4.85. The molecule has 0 aliphatic carbocycles. The Bertz CT molecular complexity index is 240. The second-order valence-electron chi connectivity index (χ2n) is 6.42. The van der Waals surface area contributed by atoms with Crippen molar-refractivity contribution < 1.29 is 0 Å². The Morgan fingerprint density at radius 3 is 1.83 bits per heavy atom. The Labute approximate surface area is 118 Å². The average Bonchev–Trinajstić information content (AvgIpc) is 2.29. The fraction of sp³-hybridized carbons (Fsp3) is 0.938. The molecule has 0 spiro atoms. The van der Waals surface area contributed by atoms with Crippen LogP contribution in [0, 0.1) is 0 Å². The Hall–Kier alpha value is 0.0200. The summed E-state index contributed by atoms with van der Waals surface area (Å²) in [4.78, 5) is 4.85. The Kier molecular flexibility index (Phi) is 8.05. The van der Waals surface area contributed by atoms with Crippen molar-refractivity contribution in [3.05, 3.63) is 0 Å². The molecule has 1 heterocycles. The molecule has 18 heavy (non-hydrogen) atoms. The summed E-state index contributed by atoms with van der Waals surface area (Å²) in [6, 6.07) is 0. The number of thioether (sulfide) groups is 1. The first-order valence-corrected chi connectivity index (χ1v) is 8.62. The topological polar surface area (TPSA) is 12.4 Å². The molecule has 0 saturated heterocycles. The van der Waals surface area contributed by atoms with Gasteiger partial charge in [0.2, 0.25) is 0 Å². The van der Waals surface area contributed by atoms with Gasteiger partial charge in [-0.1, -0.05) is 65.7 Å². The highest BCUT2D eigenvalue weighted by atomic mass is 32.2. The third-order valence-corrected chi connectivity index (χ3v) is 4.44. The summed E-state index contributed by atoms with van der Waals surface area (Å²) in [7, 11) is 0. The van der Waals surface area contributed by atoms with Crippen molar-refractivity contribution >= 4 is 16.8 Å². The van der Waals surface area contributed by atoms with Gasteiger partial charge in [0.1, 0.15) is 0 Å². The second-order valence-corrected chi connectivity index (χ2v) is 8.32. The first-order valence-electron chi connectivity index (χ1n) is 7.80. The fourth-order valence-corrected chi connectivity index (χ4v) is 3.45. The van der Waals surface area contributed by atoms with Gasteiger partial charge < -0.3 is 0 Å². The largest absolute Gasteiger partial charge is 0.283 e. The summed E-state index contributed by atoms with van der Waals surface area (Å²) in [6.45, 7) is 7.93. The number of rotatable bonds is 0. The summed E-state index contributed by atoms with van der Waals surface area (Å²) in [5, 5.41) is 1.40. The third kappa shape index (κ3) is 9.02. The molecule has 0 bridgehead atoms. The van der Waals surface area contributed by atoms with E-state index in [2.05, 4.69) is 20.8 Å². The van der Waals surface area contributed by atoms with Crippen LogP contribution in [-0.2, 0) is 0 Å². The van der Waals surface area contributed by atoms with E-state index in [-0.39, 0.29) is 0 Å². The summed E-state index contributed by atoms with van der Waals surface area (Å²) in [5.41, 5.74) is 0. The van der Waals surface area contributed by atoms with Crippen molar-refractivity contribution in [1.82, 2.24) is 0 Å². The predicted octanol–water partition coefficient (Wildman–Crippen LogP) is 5.83. The van der Waals surface area contributed by atoms with Gasteiger partial charge in [-0.25, -0.2) is 0 Å². The Morgan fingerprint density at radius 1 is 0.778 bits per heavy atom. The number of hydrogen-bond donors (Lipinski definition) is 0. The number of aliphatic imine (C=N–C) groups is 1. The van der Waals surface area contributed by atoms with Crippen LogP contribution in [0.15, 0.2) is 4.99 Å². The van der Waals surface area contributed by atoms with Gasteiger partial charge in [0, 0.05) is 11.3 Å². The van der Waals surface area contributed by atoms with Crippen molar-refractivity contribution in [2.24, 2.45) is 4.99 Å². The van der Waals surface area contributed by atoms with Crippen molar-refractivity contribution in [3.63, 3.8) is 0 Å². The SMILES string of the molecule is CC(C)(C)SC1=NCCCCCCCCCCC1.